The standard InChI is InChI=1S/C11H14INO2/c1-15-11(14)10-5-9(12)7-13(10)6-8-3-2-4-8/h5,7-8H,2-4,6H2,1H3. The van der Waals surface area contributed by atoms with Crippen molar-refractivity contribution >= 4 is 28.6 Å². The third-order valence-electron chi connectivity index (χ3n) is 2.94. The van der Waals surface area contributed by atoms with Crippen LogP contribution in [0.2, 0.25) is 0 Å². The van der Waals surface area contributed by atoms with Gasteiger partial charge in [0.25, 0.3) is 0 Å². The van der Waals surface area contributed by atoms with Gasteiger partial charge in [-0.25, -0.2) is 4.79 Å². The number of carbonyl (C=O) groups excluding carboxylic acids is 1. The van der Waals surface area contributed by atoms with Crippen LogP contribution < -0.4 is 0 Å². The van der Waals surface area contributed by atoms with Crippen LogP contribution in [0.25, 0.3) is 0 Å². The van der Waals surface area contributed by atoms with Crippen molar-refractivity contribution in [2.75, 3.05) is 7.11 Å². The smallest absolute Gasteiger partial charge is 0.354 e. The Kier molecular flexibility index (Phi) is 3.33. The molecule has 3 nitrogen and oxygen atoms in total. The molecule has 0 aliphatic heterocycles. The van der Waals surface area contributed by atoms with Crippen molar-refractivity contribution in [2.24, 2.45) is 5.92 Å². The third kappa shape index (κ3) is 2.35. The van der Waals surface area contributed by atoms with Crippen molar-refractivity contribution in [1.82, 2.24) is 4.57 Å². The van der Waals surface area contributed by atoms with Crippen LogP contribution in [0.15, 0.2) is 12.3 Å². The fraction of sp³-hybridized carbons (Fsp3) is 0.545. The lowest BCUT2D eigenvalue weighted by Gasteiger charge is -2.26. The topological polar surface area (TPSA) is 31.2 Å². The number of aromatic nitrogens is 1. The van der Waals surface area contributed by atoms with Gasteiger partial charge in [-0.1, -0.05) is 6.42 Å². The first-order valence-corrected chi connectivity index (χ1v) is 6.22. The minimum absolute atomic E-state index is 0.239. The number of halogens is 1. The first-order chi connectivity index (χ1) is 7.20. The Hall–Kier alpha value is -0.520. The van der Waals surface area contributed by atoms with Crippen molar-refractivity contribution in [2.45, 2.75) is 25.8 Å². The lowest BCUT2D eigenvalue weighted by Crippen LogP contribution is -2.20. The van der Waals surface area contributed by atoms with Crippen molar-refractivity contribution in [1.29, 1.82) is 0 Å². The van der Waals surface area contributed by atoms with E-state index in [1.807, 2.05) is 16.8 Å². The number of carbonyl (C=O) groups is 1. The second-order valence-electron chi connectivity index (χ2n) is 3.98. The number of hydrogen-bond acceptors (Lipinski definition) is 2. The van der Waals surface area contributed by atoms with Crippen LogP contribution in [0.4, 0.5) is 0 Å². The first kappa shape index (κ1) is 11.0. The van der Waals surface area contributed by atoms with Crippen LogP contribution in [0.1, 0.15) is 29.8 Å². The van der Waals surface area contributed by atoms with Crippen LogP contribution in [-0.2, 0) is 11.3 Å². The molecule has 1 aliphatic rings. The molecule has 1 heterocycles. The quantitative estimate of drug-likeness (QED) is 0.634. The molecule has 1 fully saturated rings. The van der Waals surface area contributed by atoms with Crippen molar-refractivity contribution in [3.8, 4) is 0 Å². The zero-order valence-electron chi connectivity index (χ0n) is 8.70. The molecule has 1 aromatic rings. The summed E-state index contributed by atoms with van der Waals surface area (Å²) >= 11 is 2.22. The SMILES string of the molecule is COC(=O)c1cc(I)cn1CC1CCC1. The molecule has 0 N–H and O–H groups in total. The molecule has 0 aromatic carbocycles. The van der Waals surface area contributed by atoms with Gasteiger partial charge in [0.2, 0.25) is 0 Å². The summed E-state index contributed by atoms with van der Waals surface area (Å²) in [6.45, 7) is 0.952. The van der Waals surface area contributed by atoms with Crippen LogP contribution >= 0.6 is 22.6 Å². The van der Waals surface area contributed by atoms with Crippen molar-refractivity contribution in [3.63, 3.8) is 0 Å². The Balaban J connectivity index is 2.16. The van der Waals surface area contributed by atoms with Gasteiger partial charge in [-0.3, -0.25) is 0 Å². The van der Waals surface area contributed by atoms with Gasteiger partial charge in [0, 0.05) is 16.3 Å². The second-order valence-corrected chi connectivity index (χ2v) is 5.23. The summed E-state index contributed by atoms with van der Waals surface area (Å²) in [5.74, 6) is 0.508. The highest BCUT2D eigenvalue weighted by Gasteiger charge is 2.21. The zero-order chi connectivity index (χ0) is 10.8. The van der Waals surface area contributed by atoms with E-state index < -0.39 is 0 Å². The van der Waals surface area contributed by atoms with E-state index in [0.29, 0.717) is 5.69 Å². The predicted octanol–water partition coefficient (Wildman–Crippen LogP) is 2.68. The van der Waals surface area contributed by atoms with Crippen molar-refractivity contribution < 1.29 is 9.53 Å². The molecule has 0 saturated heterocycles. The second kappa shape index (κ2) is 4.55. The molecular weight excluding hydrogens is 305 g/mol. The van der Waals surface area contributed by atoms with E-state index in [9.17, 15) is 4.79 Å². The summed E-state index contributed by atoms with van der Waals surface area (Å²) < 4.78 is 7.88. The third-order valence-corrected chi connectivity index (χ3v) is 3.53. The average Bonchev–Trinajstić information content (AvgIpc) is 2.52. The fourth-order valence-electron chi connectivity index (χ4n) is 1.85. The van der Waals surface area contributed by atoms with E-state index >= 15 is 0 Å². The van der Waals surface area contributed by atoms with E-state index in [1.54, 1.807) is 0 Å². The molecule has 82 valence electrons. The molecule has 0 atom stereocenters. The largest absolute Gasteiger partial charge is 0.464 e. The van der Waals surface area contributed by atoms with Gasteiger partial charge < -0.3 is 9.30 Å². The molecule has 0 radical (unpaired) electrons. The monoisotopic (exact) mass is 319 g/mol. The maximum atomic E-state index is 11.5. The number of nitrogens with zero attached hydrogens (tertiary/aromatic N) is 1. The molecule has 1 aromatic heterocycles. The molecule has 0 spiro atoms. The minimum Gasteiger partial charge on any atom is -0.464 e. The first-order valence-electron chi connectivity index (χ1n) is 5.14. The summed E-state index contributed by atoms with van der Waals surface area (Å²) in [5.41, 5.74) is 0.675. The highest BCUT2D eigenvalue weighted by Crippen LogP contribution is 2.29. The highest BCUT2D eigenvalue weighted by atomic mass is 127. The van der Waals surface area contributed by atoms with Crippen molar-refractivity contribution in [3.05, 3.63) is 21.5 Å². The summed E-state index contributed by atoms with van der Waals surface area (Å²) in [6.07, 6.45) is 5.92. The molecular formula is C11H14INO2. The Morgan fingerprint density at radius 2 is 2.40 bits per heavy atom. The maximum absolute atomic E-state index is 11.5. The fourth-order valence-corrected chi connectivity index (χ4v) is 2.49. The number of esters is 1. The predicted molar refractivity (Wildman–Crippen MR) is 65.8 cm³/mol. The van der Waals surface area contributed by atoms with Gasteiger partial charge in [0.15, 0.2) is 0 Å². The highest BCUT2D eigenvalue weighted by molar-refractivity contribution is 14.1. The molecule has 15 heavy (non-hydrogen) atoms. The number of rotatable bonds is 3. The van der Waals surface area contributed by atoms with E-state index in [4.69, 9.17) is 4.74 Å². The van der Waals surface area contributed by atoms with Crippen LogP contribution in [0.5, 0.6) is 0 Å². The Bertz CT molecular complexity index is 369. The molecule has 4 heteroatoms. The van der Waals surface area contributed by atoms with Gasteiger partial charge in [-0.05, 0) is 47.4 Å². The summed E-state index contributed by atoms with van der Waals surface area (Å²) in [4.78, 5) is 11.5. The Morgan fingerprint density at radius 3 is 2.93 bits per heavy atom. The molecule has 1 aliphatic carbocycles. The van der Waals surface area contributed by atoms with E-state index in [0.717, 1.165) is 16.0 Å². The number of methoxy groups -OCH3 is 1. The molecule has 2 rings (SSSR count). The van der Waals surface area contributed by atoms with Gasteiger partial charge in [-0.2, -0.15) is 0 Å². The lowest BCUT2D eigenvalue weighted by atomic mass is 9.85. The molecule has 1 saturated carbocycles. The van der Waals surface area contributed by atoms with Gasteiger partial charge >= 0.3 is 5.97 Å². The molecule has 0 unspecified atom stereocenters. The maximum Gasteiger partial charge on any atom is 0.354 e. The normalized spacial score (nSPS) is 16.1. The van der Waals surface area contributed by atoms with E-state index in [2.05, 4.69) is 22.6 Å². The minimum atomic E-state index is -0.239. The van der Waals surface area contributed by atoms with Crippen LogP contribution in [-0.4, -0.2) is 17.6 Å². The van der Waals surface area contributed by atoms with E-state index in [1.165, 1.54) is 26.4 Å². The van der Waals surface area contributed by atoms with Gasteiger partial charge in [0.1, 0.15) is 5.69 Å². The van der Waals surface area contributed by atoms with E-state index in [-0.39, 0.29) is 5.97 Å². The lowest BCUT2D eigenvalue weighted by molar-refractivity contribution is 0.0586. The summed E-state index contributed by atoms with van der Waals surface area (Å²) in [7, 11) is 1.43. The van der Waals surface area contributed by atoms with Gasteiger partial charge in [-0.15, -0.1) is 0 Å². The Morgan fingerprint density at radius 1 is 1.67 bits per heavy atom. The number of ether oxygens (including phenoxy) is 1. The zero-order valence-corrected chi connectivity index (χ0v) is 10.9. The number of hydrogen-bond donors (Lipinski definition) is 0. The van der Waals surface area contributed by atoms with Gasteiger partial charge in [0.05, 0.1) is 7.11 Å². The molecule has 0 bridgehead atoms. The average molecular weight is 319 g/mol. The van der Waals surface area contributed by atoms with Crippen LogP contribution in [0.3, 0.4) is 0 Å². The summed E-state index contributed by atoms with van der Waals surface area (Å²) in [6, 6.07) is 1.88. The Labute approximate surface area is 103 Å². The van der Waals surface area contributed by atoms with Crippen LogP contribution in [0, 0.1) is 9.49 Å². The summed E-state index contributed by atoms with van der Waals surface area (Å²) in [5, 5.41) is 0. The molecule has 0 amide bonds.